The number of methoxy groups -OCH3 is 1. The second-order valence-electron chi connectivity index (χ2n) is 5.38. The molecule has 2 aromatic carbocycles. The first-order valence-corrected chi connectivity index (χ1v) is 7.64. The number of hydrogen-bond acceptors (Lipinski definition) is 3. The van der Waals surface area contributed by atoms with Crippen LogP contribution in [0.5, 0.6) is 0 Å². The fourth-order valence-electron chi connectivity index (χ4n) is 2.83. The molecule has 0 spiro atoms. The number of nitrogens with zero attached hydrogens (tertiary/aromatic N) is 1. The van der Waals surface area contributed by atoms with Crippen LogP contribution in [0.4, 0.5) is 4.39 Å². The van der Waals surface area contributed by atoms with Crippen molar-refractivity contribution in [2.45, 2.75) is 6.92 Å². The van der Waals surface area contributed by atoms with Crippen molar-refractivity contribution in [2.75, 3.05) is 7.11 Å². The number of fused-ring (bicyclic) bond motifs is 1. The van der Waals surface area contributed by atoms with Crippen LogP contribution in [-0.2, 0) is 4.74 Å². The quantitative estimate of drug-likeness (QED) is 0.585. The Morgan fingerprint density at radius 2 is 2.00 bits per heavy atom. The van der Waals surface area contributed by atoms with E-state index in [-0.39, 0.29) is 10.8 Å². The molecular weight excluding hydrogens is 327 g/mol. The lowest BCUT2D eigenvalue weighted by molar-refractivity contribution is 0.0591. The number of carbonyl (C=O) groups is 1. The van der Waals surface area contributed by atoms with E-state index in [1.54, 1.807) is 35.8 Å². The Balaban J connectivity index is 2.39. The second kappa shape index (κ2) is 6.05. The zero-order valence-corrected chi connectivity index (χ0v) is 14.0. The van der Waals surface area contributed by atoms with Gasteiger partial charge in [-0.25, -0.2) is 9.18 Å². The largest absolute Gasteiger partial charge is 0.464 e. The summed E-state index contributed by atoms with van der Waals surface area (Å²) < 4.78 is 20.3. The number of esters is 1. The third-order valence-electron chi connectivity index (χ3n) is 3.95. The van der Waals surface area contributed by atoms with Gasteiger partial charge in [0.05, 0.1) is 12.6 Å². The molecule has 0 radical (unpaired) electrons. The van der Waals surface area contributed by atoms with Crippen molar-refractivity contribution in [3.05, 3.63) is 65.1 Å². The number of carbonyl (C=O) groups excluding carboxylic acids is 1. The van der Waals surface area contributed by atoms with E-state index in [0.717, 1.165) is 0 Å². The normalized spacial score (nSPS) is 10.8. The van der Waals surface area contributed by atoms with E-state index in [1.807, 2.05) is 6.07 Å². The Hall–Kier alpha value is -2.73. The first-order chi connectivity index (χ1) is 11.4. The average molecular weight is 342 g/mol. The highest BCUT2D eigenvalue weighted by molar-refractivity contribution is 7.80. The van der Waals surface area contributed by atoms with E-state index in [2.05, 4.69) is 0 Å². The van der Waals surface area contributed by atoms with Gasteiger partial charge in [0.25, 0.3) is 0 Å². The molecule has 1 aromatic heterocycles. The monoisotopic (exact) mass is 342 g/mol. The predicted molar refractivity (Wildman–Crippen MR) is 95.2 cm³/mol. The van der Waals surface area contributed by atoms with E-state index >= 15 is 0 Å². The minimum Gasteiger partial charge on any atom is -0.464 e. The standard InChI is InChI=1S/C18H15FN2O2S/c1-10-14-9-12(19)6-7-15(14)21(16(10)18(22)23-2)13-5-3-4-11(8-13)17(20)24/h3-9H,1-2H3,(H2,20,24). The van der Waals surface area contributed by atoms with Crippen LogP contribution in [-0.4, -0.2) is 22.6 Å². The molecule has 0 fully saturated rings. The zero-order chi connectivity index (χ0) is 17.4. The molecule has 0 amide bonds. The summed E-state index contributed by atoms with van der Waals surface area (Å²) in [5, 5.41) is 0.649. The van der Waals surface area contributed by atoms with Gasteiger partial charge in [-0.3, -0.25) is 0 Å². The van der Waals surface area contributed by atoms with E-state index < -0.39 is 5.97 Å². The fraction of sp³-hybridized carbons (Fsp3) is 0.111. The predicted octanol–water partition coefficient (Wildman–Crippen LogP) is 3.50. The Bertz CT molecular complexity index is 979. The van der Waals surface area contributed by atoms with Crippen molar-refractivity contribution in [1.29, 1.82) is 0 Å². The van der Waals surface area contributed by atoms with Gasteiger partial charge in [0, 0.05) is 16.6 Å². The van der Waals surface area contributed by atoms with E-state index in [1.165, 1.54) is 19.2 Å². The highest BCUT2D eigenvalue weighted by atomic mass is 32.1. The first-order valence-electron chi connectivity index (χ1n) is 7.23. The molecule has 0 saturated heterocycles. The number of hydrogen-bond donors (Lipinski definition) is 1. The van der Waals surface area contributed by atoms with E-state index in [4.69, 9.17) is 22.7 Å². The number of aryl methyl sites for hydroxylation is 1. The lowest BCUT2D eigenvalue weighted by Gasteiger charge is -2.11. The van der Waals surface area contributed by atoms with Gasteiger partial charge in [0.1, 0.15) is 16.5 Å². The van der Waals surface area contributed by atoms with Crippen molar-refractivity contribution < 1.29 is 13.9 Å². The van der Waals surface area contributed by atoms with Crippen LogP contribution in [0.25, 0.3) is 16.6 Å². The van der Waals surface area contributed by atoms with Gasteiger partial charge in [-0.15, -0.1) is 0 Å². The third kappa shape index (κ3) is 2.55. The van der Waals surface area contributed by atoms with Crippen molar-refractivity contribution in [3.8, 4) is 5.69 Å². The van der Waals surface area contributed by atoms with Crippen molar-refractivity contribution >= 4 is 34.1 Å². The topological polar surface area (TPSA) is 57.2 Å². The van der Waals surface area contributed by atoms with Gasteiger partial charge < -0.3 is 15.0 Å². The van der Waals surface area contributed by atoms with Crippen LogP contribution >= 0.6 is 12.2 Å². The van der Waals surface area contributed by atoms with Crippen LogP contribution in [0.1, 0.15) is 21.6 Å². The molecule has 0 bridgehead atoms. The number of rotatable bonds is 3. The fourth-order valence-corrected chi connectivity index (χ4v) is 2.95. The minimum absolute atomic E-state index is 0.260. The molecular formula is C18H15FN2O2S. The molecule has 122 valence electrons. The molecule has 4 nitrogen and oxygen atoms in total. The van der Waals surface area contributed by atoms with Crippen molar-refractivity contribution in [1.82, 2.24) is 4.57 Å². The average Bonchev–Trinajstić information content (AvgIpc) is 2.86. The Labute approximate surface area is 143 Å². The maximum absolute atomic E-state index is 13.7. The van der Waals surface area contributed by atoms with Crippen LogP contribution in [0.3, 0.4) is 0 Å². The second-order valence-corrected chi connectivity index (χ2v) is 5.82. The lowest BCUT2D eigenvalue weighted by atomic mass is 10.1. The molecule has 0 aliphatic carbocycles. The van der Waals surface area contributed by atoms with Gasteiger partial charge in [-0.2, -0.15) is 0 Å². The highest BCUT2D eigenvalue weighted by Crippen LogP contribution is 2.30. The van der Waals surface area contributed by atoms with Gasteiger partial charge in [0.2, 0.25) is 0 Å². The Kier molecular flexibility index (Phi) is 4.07. The van der Waals surface area contributed by atoms with E-state index in [0.29, 0.717) is 33.4 Å². The van der Waals surface area contributed by atoms with Crippen LogP contribution < -0.4 is 5.73 Å². The maximum atomic E-state index is 13.7. The third-order valence-corrected chi connectivity index (χ3v) is 4.19. The molecule has 0 aliphatic rings. The molecule has 0 unspecified atom stereocenters. The molecule has 2 N–H and O–H groups in total. The number of thiocarbonyl (C=S) groups is 1. The van der Waals surface area contributed by atoms with Crippen molar-refractivity contribution in [3.63, 3.8) is 0 Å². The smallest absolute Gasteiger partial charge is 0.355 e. The molecule has 0 saturated carbocycles. The number of halogens is 1. The summed E-state index contributed by atoms with van der Waals surface area (Å²) in [5.41, 5.74) is 8.78. The number of benzene rings is 2. The highest BCUT2D eigenvalue weighted by Gasteiger charge is 2.22. The summed E-state index contributed by atoms with van der Waals surface area (Å²) in [6.07, 6.45) is 0. The number of nitrogens with two attached hydrogens (primary N) is 1. The van der Waals surface area contributed by atoms with Crippen molar-refractivity contribution in [2.24, 2.45) is 5.73 Å². The maximum Gasteiger partial charge on any atom is 0.355 e. The number of aromatic nitrogens is 1. The molecule has 0 atom stereocenters. The van der Waals surface area contributed by atoms with Crippen LogP contribution in [0.2, 0.25) is 0 Å². The first kappa shape index (κ1) is 16.1. The molecule has 0 aliphatic heterocycles. The molecule has 1 heterocycles. The SMILES string of the molecule is COC(=O)c1c(C)c2cc(F)ccc2n1-c1cccc(C(N)=S)c1. The van der Waals surface area contributed by atoms with Gasteiger partial charge in [-0.1, -0.05) is 24.4 Å². The lowest BCUT2D eigenvalue weighted by Crippen LogP contribution is -2.13. The summed E-state index contributed by atoms with van der Waals surface area (Å²) in [6.45, 7) is 1.77. The van der Waals surface area contributed by atoms with E-state index in [9.17, 15) is 9.18 Å². The van der Waals surface area contributed by atoms with Crippen LogP contribution in [0, 0.1) is 12.7 Å². The molecule has 3 rings (SSSR count). The summed E-state index contributed by atoms with van der Waals surface area (Å²) >= 11 is 5.02. The molecule has 6 heteroatoms. The molecule has 3 aromatic rings. The summed E-state index contributed by atoms with van der Waals surface area (Å²) in [7, 11) is 1.32. The Morgan fingerprint density at radius 3 is 2.67 bits per heavy atom. The minimum atomic E-state index is -0.496. The zero-order valence-electron chi connectivity index (χ0n) is 13.2. The van der Waals surface area contributed by atoms with Crippen LogP contribution in [0.15, 0.2) is 42.5 Å². The molecule has 24 heavy (non-hydrogen) atoms. The summed E-state index contributed by atoms with van der Waals surface area (Å²) in [5.74, 6) is -0.860. The van der Waals surface area contributed by atoms with Gasteiger partial charge in [0.15, 0.2) is 0 Å². The summed E-state index contributed by atoms with van der Waals surface area (Å²) in [6, 6.07) is 11.6. The van der Waals surface area contributed by atoms with Gasteiger partial charge >= 0.3 is 5.97 Å². The Morgan fingerprint density at radius 1 is 1.25 bits per heavy atom. The number of ether oxygens (including phenoxy) is 1. The van der Waals surface area contributed by atoms with Gasteiger partial charge in [-0.05, 0) is 42.8 Å². The summed E-state index contributed by atoms with van der Waals surface area (Å²) in [4.78, 5) is 12.6.